The molecule has 0 radical (unpaired) electrons. The van der Waals surface area contributed by atoms with Crippen molar-refractivity contribution in [3.8, 4) is 22.8 Å². The second-order valence-electron chi connectivity index (χ2n) is 6.94. The van der Waals surface area contributed by atoms with E-state index in [1.807, 2.05) is 54.8 Å². The highest BCUT2D eigenvalue weighted by molar-refractivity contribution is 7.14. The van der Waals surface area contributed by atoms with Crippen LogP contribution in [0.15, 0.2) is 77.2 Å². The Morgan fingerprint density at radius 3 is 2.70 bits per heavy atom. The highest BCUT2D eigenvalue weighted by Crippen LogP contribution is 2.30. The van der Waals surface area contributed by atoms with Gasteiger partial charge in [0.2, 0.25) is 5.13 Å². The number of benzene rings is 3. The predicted octanol–water partition coefficient (Wildman–Crippen LogP) is 7.03. The topological polar surface area (TPSA) is 55.7 Å². The molecule has 0 saturated carbocycles. The summed E-state index contributed by atoms with van der Waals surface area (Å²) >= 11 is 7.57. The number of hydrogen-bond acceptors (Lipinski definition) is 6. The average molecular weight is 482 g/mol. The number of aromatic nitrogens is 1. The zero-order valence-corrected chi connectivity index (χ0v) is 19.4. The van der Waals surface area contributed by atoms with Gasteiger partial charge in [-0.05, 0) is 42.8 Å². The van der Waals surface area contributed by atoms with Crippen LogP contribution in [0.1, 0.15) is 18.1 Å². The Hall–Kier alpha value is -3.42. The van der Waals surface area contributed by atoms with Gasteiger partial charge in [-0.25, -0.2) is 9.37 Å². The van der Waals surface area contributed by atoms with E-state index in [2.05, 4.69) is 15.5 Å². The van der Waals surface area contributed by atoms with Crippen LogP contribution in [0.2, 0.25) is 5.02 Å². The number of rotatable bonds is 9. The average Bonchev–Trinajstić information content (AvgIpc) is 3.29. The van der Waals surface area contributed by atoms with Crippen molar-refractivity contribution in [2.24, 2.45) is 5.10 Å². The zero-order chi connectivity index (χ0) is 23.0. The third-order valence-electron chi connectivity index (χ3n) is 4.61. The maximum atomic E-state index is 13.2. The van der Waals surface area contributed by atoms with Crippen LogP contribution in [-0.4, -0.2) is 17.8 Å². The molecule has 0 fully saturated rings. The lowest BCUT2D eigenvalue weighted by Gasteiger charge is -2.13. The Bertz CT molecular complexity index is 1250. The highest BCUT2D eigenvalue weighted by Gasteiger charge is 2.09. The molecule has 0 bridgehead atoms. The number of nitrogens with one attached hydrogen (secondary N) is 1. The molecule has 1 aromatic heterocycles. The van der Waals surface area contributed by atoms with Gasteiger partial charge < -0.3 is 9.47 Å². The first kappa shape index (κ1) is 22.8. The number of hydrogen-bond donors (Lipinski definition) is 1. The van der Waals surface area contributed by atoms with E-state index in [4.69, 9.17) is 21.1 Å². The summed E-state index contributed by atoms with van der Waals surface area (Å²) in [5.41, 5.74) is 6.45. The fraction of sp³-hybridized carbons (Fsp3) is 0.120. The minimum Gasteiger partial charge on any atom is -0.490 e. The first-order valence-corrected chi connectivity index (χ1v) is 11.5. The molecule has 1 N–H and O–H groups in total. The monoisotopic (exact) mass is 481 g/mol. The van der Waals surface area contributed by atoms with E-state index in [1.165, 1.54) is 23.5 Å². The molecule has 0 aliphatic heterocycles. The minimum absolute atomic E-state index is 0.196. The van der Waals surface area contributed by atoms with Crippen molar-refractivity contribution in [2.45, 2.75) is 13.5 Å². The van der Waals surface area contributed by atoms with Crippen molar-refractivity contribution in [1.29, 1.82) is 0 Å². The number of thiazole rings is 1. The molecule has 8 heteroatoms. The molecule has 0 atom stereocenters. The molecule has 0 aliphatic rings. The number of anilines is 1. The van der Waals surface area contributed by atoms with Gasteiger partial charge in [-0.1, -0.05) is 48.0 Å². The van der Waals surface area contributed by atoms with Crippen molar-refractivity contribution in [3.63, 3.8) is 0 Å². The van der Waals surface area contributed by atoms with Gasteiger partial charge in [-0.3, -0.25) is 5.43 Å². The fourth-order valence-corrected chi connectivity index (χ4v) is 3.91. The summed E-state index contributed by atoms with van der Waals surface area (Å²) in [5.74, 6) is 0.764. The van der Waals surface area contributed by atoms with E-state index < -0.39 is 0 Å². The molecule has 33 heavy (non-hydrogen) atoms. The van der Waals surface area contributed by atoms with Crippen LogP contribution < -0.4 is 14.9 Å². The quantitative estimate of drug-likeness (QED) is 0.206. The van der Waals surface area contributed by atoms with Crippen molar-refractivity contribution in [2.75, 3.05) is 12.0 Å². The normalized spacial score (nSPS) is 11.0. The minimum atomic E-state index is -0.384. The summed E-state index contributed by atoms with van der Waals surface area (Å²) in [4.78, 5) is 4.55. The number of ether oxygens (including phenoxy) is 2. The second kappa shape index (κ2) is 10.9. The molecule has 3 aromatic carbocycles. The lowest BCUT2D eigenvalue weighted by atomic mass is 10.2. The molecular weight excluding hydrogens is 461 g/mol. The van der Waals surface area contributed by atoms with Crippen molar-refractivity contribution < 1.29 is 13.9 Å². The SMILES string of the molecule is CCOc1cc(C=NNc2nc(-c3ccccc3)cs2)ccc1OCc1ccc(F)cc1Cl. The highest BCUT2D eigenvalue weighted by atomic mass is 35.5. The zero-order valence-electron chi connectivity index (χ0n) is 17.8. The van der Waals surface area contributed by atoms with Crippen LogP contribution >= 0.6 is 22.9 Å². The first-order valence-electron chi connectivity index (χ1n) is 10.3. The molecule has 0 saturated heterocycles. The van der Waals surface area contributed by atoms with Gasteiger partial charge in [0.1, 0.15) is 12.4 Å². The number of nitrogens with zero attached hydrogens (tertiary/aromatic N) is 2. The Morgan fingerprint density at radius 2 is 1.91 bits per heavy atom. The molecule has 168 valence electrons. The van der Waals surface area contributed by atoms with Crippen LogP contribution in [0.25, 0.3) is 11.3 Å². The maximum Gasteiger partial charge on any atom is 0.203 e. The van der Waals surface area contributed by atoms with Crippen molar-refractivity contribution in [3.05, 3.63) is 94.1 Å². The Morgan fingerprint density at radius 1 is 1.06 bits per heavy atom. The van der Waals surface area contributed by atoms with Crippen molar-refractivity contribution in [1.82, 2.24) is 4.98 Å². The standard InChI is InChI=1S/C25H21ClFN3O2S/c1-2-31-24-12-17(8-11-23(24)32-15-19-9-10-20(27)13-21(19)26)14-28-30-25-29-22(16-33-25)18-6-4-3-5-7-18/h3-14,16H,2,15H2,1H3,(H,29,30). The lowest BCUT2D eigenvalue weighted by molar-refractivity contribution is 0.269. The van der Waals surface area contributed by atoms with E-state index in [-0.39, 0.29) is 12.4 Å². The van der Waals surface area contributed by atoms with Crippen LogP contribution in [0.5, 0.6) is 11.5 Å². The Balaban J connectivity index is 1.41. The van der Waals surface area contributed by atoms with Gasteiger partial charge in [0.15, 0.2) is 11.5 Å². The molecular formula is C25H21ClFN3O2S. The third kappa shape index (κ3) is 6.09. The van der Waals surface area contributed by atoms with Crippen LogP contribution in [0, 0.1) is 5.82 Å². The first-order chi connectivity index (χ1) is 16.1. The van der Waals surface area contributed by atoms with E-state index in [0.717, 1.165) is 16.8 Å². The molecule has 0 aliphatic carbocycles. The Kier molecular flexibility index (Phi) is 7.55. The molecule has 5 nitrogen and oxygen atoms in total. The van der Waals surface area contributed by atoms with Gasteiger partial charge in [-0.15, -0.1) is 11.3 Å². The fourth-order valence-electron chi connectivity index (χ4n) is 3.02. The molecule has 4 rings (SSSR count). The van der Waals surface area contributed by atoms with Crippen LogP contribution in [0.4, 0.5) is 9.52 Å². The lowest BCUT2D eigenvalue weighted by Crippen LogP contribution is -2.01. The van der Waals surface area contributed by atoms with Gasteiger partial charge in [0, 0.05) is 16.5 Å². The van der Waals surface area contributed by atoms with Gasteiger partial charge in [-0.2, -0.15) is 5.10 Å². The second-order valence-corrected chi connectivity index (χ2v) is 8.20. The number of halogens is 2. The van der Waals surface area contributed by atoms with E-state index >= 15 is 0 Å². The van der Waals surface area contributed by atoms with Gasteiger partial charge >= 0.3 is 0 Å². The molecule has 1 heterocycles. The van der Waals surface area contributed by atoms with Gasteiger partial charge in [0.05, 0.1) is 23.5 Å². The Labute approximate surface area is 200 Å². The van der Waals surface area contributed by atoms with E-state index in [9.17, 15) is 4.39 Å². The smallest absolute Gasteiger partial charge is 0.203 e. The van der Waals surface area contributed by atoms with Crippen LogP contribution in [0.3, 0.4) is 0 Å². The summed E-state index contributed by atoms with van der Waals surface area (Å²) in [6.45, 7) is 2.57. The number of hydrazone groups is 1. The summed E-state index contributed by atoms with van der Waals surface area (Å²) in [6, 6.07) is 19.7. The molecule has 0 unspecified atom stereocenters. The third-order valence-corrected chi connectivity index (χ3v) is 5.71. The van der Waals surface area contributed by atoms with E-state index in [1.54, 1.807) is 18.3 Å². The summed E-state index contributed by atoms with van der Waals surface area (Å²) in [6.07, 6.45) is 1.69. The molecule has 0 amide bonds. The van der Waals surface area contributed by atoms with Crippen LogP contribution in [-0.2, 0) is 6.61 Å². The molecule has 4 aromatic rings. The van der Waals surface area contributed by atoms with Gasteiger partial charge in [0.25, 0.3) is 0 Å². The van der Waals surface area contributed by atoms with Crippen molar-refractivity contribution >= 4 is 34.3 Å². The molecule has 0 spiro atoms. The maximum absolute atomic E-state index is 13.2. The summed E-state index contributed by atoms with van der Waals surface area (Å²) in [5, 5.41) is 7.29. The predicted molar refractivity (Wildman–Crippen MR) is 132 cm³/mol. The largest absolute Gasteiger partial charge is 0.490 e. The van der Waals surface area contributed by atoms with E-state index in [0.29, 0.717) is 33.8 Å². The summed E-state index contributed by atoms with van der Waals surface area (Å²) < 4.78 is 24.8. The summed E-state index contributed by atoms with van der Waals surface area (Å²) in [7, 11) is 0.